The Morgan fingerprint density at radius 3 is 1.67 bits per heavy atom. The predicted molar refractivity (Wildman–Crippen MR) is 54.5 cm³/mol. The van der Waals surface area contributed by atoms with Crippen molar-refractivity contribution in [1.82, 2.24) is 0 Å². The molecule has 4 N–H and O–H groups in total. The van der Waals surface area contributed by atoms with Crippen LogP contribution in [-0.2, 0) is 17.1 Å². The summed E-state index contributed by atoms with van der Waals surface area (Å²) in [5.41, 5.74) is 10.8. The summed E-state index contributed by atoms with van der Waals surface area (Å²) in [5.74, 6) is -1.06. The molecule has 0 aliphatic heterocycles. The van der Waals surface area contributed by atoms with E-state index >= 15 is 0 Å². The van der Waals surface area contributed by atoms with Crippen molar-refractivity contribution in [3.63, 3.8) is 0 Å². The van der Waals surface area contributed by atoms with Crippen LogP contribution in [0.2, 0.25) is 0 Å². The number of hydrogen-bond donors (Lipinski definition) is 2. The van der Waals surface area contributed by atoms with E-state index < -0.39 is 40.1 Å². The number of rotatable bonds is 6. The molecule has 0 rings (SSSR count). The minimum absolute atomic E-state index is 0.493. The van der Waals surface area contributed by atoms with Crippen LogP contribution in [0.1, 0.15) is 26.7 Å². The van der Waals surface area contributed by atoms with E-state index in [1.807, 2.05) is 0 Å². The van der Waals surface area contributed by atoms with E-state index in [9.17, 15) is 9.59 Å². The average molecular weight is 277 g/mol. The molecule has 0 aromatic heterocycles. The third-order valence-corrected chi connectivity index (χ3v) is 2.96. The summed E-state index contributed by atoms with van der Waals surface area (Å²) < 4.78 is 9.44. The van der Waals surface area contributed by atoms with Gasteiger partial charge in [0, 0.05) is 0 Å². The minimum atomic E-state index is -1.53. The van der Waals surface area contributed by atoms with Crippen LogP contribution in [0.3, 0.4) is 0 Å². The van der Waals surface area contributed by atoms with E-state index in [0.717, 1.165) is 0 Å². The molecule has 0 amide bonds. The molecule has 0 aromatic carbocycles. The summed E-state index contributed by atoms with van der Waals surface area (Å²) >= 11 is -1.53. The summed E-state index contributed by atoms with van der Waals surface area (Å²) in [6.07, 6.45) is 0.987. The molecular weight excluding hydrogens is 261 g/mol. The SMILES string of the molecule is CCC(N)C(=O)[O][Ge][O]C(=O)C(N)CC. The van der Waals surface area contributed by atoms with E-state index in [0.29, 0.717) is 12.8 Å². The molecule has 86 valence electrons. The fourth-order valence-corrected chi connectivity index (χ4v) is 1.65. The van der Waals surface area contributed by atoms with Gasteiger partial charge in [0.05, 0.1) is 0 Å². The molecule has 0 aliphatic carbocycles. The zero-order valence-electron chi connectivity index (χ0n) is 8.86. The Morgan fingerprint density at radius 1 is 1.07 bits per heavy atom. The molecule has 6 nitrogen and oxygen atoms in total. The fraction of sp³-hybridized carbons (Fsp3) is 0.750. The van der Waals surface area contributed by atoms with Gasteiger partial charge in [0.1, 0.15) is 0 Å². The standard InChI is InChI=1S/C8H16GeN2O4/c1-3-5(10)7(12)14-9-15-8(13)6(11)4-2/h5-6H,3-4,10-11H2,1-2H3. The molecule has 0 saturated heterocycles. The van der Waals surface area contributed by atoms with Crippen LogP contribution in [0.15, 0.2) is 0 Å². The molecule has 0 heterocycles. The molecule has 0 fully saturated rings. The van der Waals surface area contributed by atoms with Crippen LogP contribution in [0.4, 0.5) is 0 Å². The molecule has 15 heavy (non-hydrogen) atoms. The second-order valence-electron chi connectivity index (χ2n) is 2.96. The number of hydrogen-bond acceptors (Lipinski definition) is 6. The van der Waals surface area contributed by atoms with E-state index in [-0.39, 0.29) is 0 Å². The molecular formula is C8H16GeN2O4. The summed E-state index contributed by atoms with van der Waals surface area (Å²) in [5, 5.41) is 0. The number of carbonyl (C=O) groups is 2. The molecule has 0 aliphatic rings. The third kappa shape index (κ3) is 5.75. The van der Waals surface area contributed by atoms with E-state index in [4.69, 9.17) is 19.0 Å². The van der Waals surface area contributed by atoms with Crippen molar-refractivity contribution < 1.29 is 17.1 Å². The molecule has 0 saturated carbocycles. The molecule has 7 heteroatoms. The Balaban J connectivity index is 3.70. The van der Waals surface area contributed by atoms with Gasteiger partial charge < -0.3 is 0 Å². The van der Waals surface area contributed by atoms with E-state index in [1.165, 1.54) is 0 Å². The number of carbonyl (C=O) groups excluding carboxylic acids is 2. The topological polar surface area (TPSA) is 105 Å². The summed E-state index contributed by atoms with van der Waals surface area (Å²) in [6.45, 7) is 3.54. The molecule has 2 unspecified atom stereocenters. The first kappa shape index (κ1) is 14.4. The Bertz CT molecular complexity index is 203. The van der Waals surface area contributed by atoms with Gasteiger partial charge in [0.15, 0.2) is 0 Å². The average Bonchev–Trinajstić information content (AvgIpc) is 2.26. The van der Waals surface area contributed by atoms with Crippen molar-refractivity contribution in [3.05, 3.63) is 0 Å². The van der Waals surface area contributed by atoms with Crippen molar-refractivity contribution in [3.8, 4) is 0 Å². The Hall–Kier alpha value is -0.597. The van der Waals surface area contributed by atoms with Gasteiger partial charge in [0.2, 0.25) is 0 Å². The first-order valence-corrected chi connectivity index (χ1v) is 6.41. The molecule has 2 radical (unpaired) electrons. The first-order valence-electron chi connectivity index (χ1n) is 4.70. The molecule has 0 aromatic rings. The van der Waals surface area contributed by atoms with Crippen LogP contribution in [0.5, 0.6) is 0 Å². The van der Waals surface area contributed by atoms with E-state index in [2.05, 4.69) is 0 Å². The van der Waals surface area contributed by atoms with Crippen molar-refractivity contribution in [2.45, 2.75) is 38.8 Å². The van der Waals surface area contributed by atoms with Crippen molar-refractivity contribution in [2.75, 3.05) is 0 Å². The van der Waals surface area contributed by atoms with Crippen LogP contribution < -0.4 is 11.5 Å². The zero-order valence-corrected chi connectivity index (χ0v) is 11.0. The van der Waals surface area contributed by atoms with Gasteiger partial charge in [-0.3, -0.25) is 0 Å². The van der Waals surface area contributed by atoms with Gasteiger partial charge in [-0.25, -0.2) is 0 Å². The summed E-state index contributed by atoms with van der Waals surface area (Å²) in [7, 11) is 0. The van der Waals surface area contributed by atoms with Gasteiger partial charge in [-0.05, 0) is 0 Å². The molecule has 0 spiro atoms. The van der Waals surface area contributed by atoms with Crippen molar-refractivity contribution in [2.24, 2.45) is 11.5 Å². The maximum atomic E-state index is 11.1. The van der Waals surface area contributed by atoms with Gasteiger partial charge in [-0.15, -0.1) is 0 Å². The van der Waals surface area contributed by atoms with Gasteiger partial charge in [0.25, 0.3) is 0 Å². The van der Waals surface area contributed by atoms with Crippen LogP contribution in [-0.4, -0.2) is 40.1 Å². The number of nitrogens with two attached hydrogens (primary N) is 2. The van der Waals surface area contributed by atoms with Crippen LogP contribution >= 0.6 is 0 Å². The van der Waals surface area contributed by atoms with Gasteiger partial charge in [-0.1, -0.05) is 0 Å². The summed E-state index contributed by atoms with van der Waals surface area (Å²) in [4.78, 5) is 22.1. The van der Waals surface area contributed by atoms with Gasteiger partial charge >= 0.3 is 95.4 Å². The third-order valence-electron chi connectivity index (χ3n) is 1.77. The fourth-order valence-electron chi connectivity index (χ4n) is 0.588. The first-order chi connectivity index (χ1) is 7.02. The Morgan fingerprint density at radius 2 is 1.40 bits per heavy atom. The maximum absolute atomic E-state index is 11.1. The zero-order chi connectivity index (χ0) is 11.8. The van der Waals surface area contributed by atoms with Crippen molar-refractivity contribution >= 4 is 28.0 Å². The van der Waals surface area contributed by atoms with E-state index in [1.54, 1.807) is 13.8 Å². The van der Waals surface area contributed by atoms with Crippen LogP contribution in [0, 0.1) is 0 Å². The normalized spacial score (nSPS) is 14.1. The summed E-state index contributed by atoms with van der Waals surface area (Å²) in [6, 6.07) is -1.29. The second kappa shape index (κ2) is 7.66. The molecule has 0 bridgehead atoms. The van der Waals surface area contributed by atoms with Crippen LogP contribution in [0.25, 0.3) is 0 Å². The Labute approximate surface area is 95.8 Å². The van der Waals surface area contributed by atoms with Crippen molar-refractivity contribution in [1.29, 1.82) is 0 Å². The quantitative estimate of drug-likeness (QED) is 0.608. The monoisotopic (exact) mass is 278 g/mol. The second-order valence-corrected chi connectivity index (χ2v) is 4.16. The molecule has 2 atom stereocenters. The van der Waals surface area contributed by atoms with Gasteiger partial charge in [-0.2, -0.15) is 0 Å². The Kier molecular flexibility index (Phi) is 7.36. The predicted octanol–water partition coefficient (Wildman–Crippen LogP) is -0.918.